The molecular formula is C26H25F3N6O. The molecule has 186 valence electrons. The molecule has 0 radical (unpaired) electrons. The fourth-order valence-corrected chi connectivity index (χ4v) is 5.57. The van der Waals surface area contributed by atoms with Gasteiger partial charge in [0.25, 0.3) is 0 Å². The van der Waals surface area contributed by atoms with Crippen molar-refractivity contribution in [2.24, 2.45) is 5.92 Å². The van der Waals surface area contributed by atoms with Crippen LogP contribution in [-0.4, -0.2) is 62.4 Å². The number of piperazine rings is 1. The van der Waals surface area contributed by atoms with E-state index in [1.165, 1.54) is 25.1 Å². The van der Waals surface area contributed by atoms with Gasteiger partial charge in [0, 0.05) is 36.8 Å². The molecule has 1 N–H and O–H groups in total. The van der Waals surface area contributed by atoms with E-state index in [2.05, 4.69) is 15.5 Å². The fraction of sp³-hybridized carbons (Fsp3) is 0.423. The number of hydrogen-bond donors (Lipinski definition) is 1. The second-order valence-electron chi connectivity index (χ2n) is 10.1. The van der Waals surface area contributed by atoms with Crippen LogP contribution in [0.5, 0.6) is 5.75 Å². The zero-order chi connectivity index (χ0) is 24.4. The zero-order valence-corrected chi connectivity index (χ0v) is 19.4. The van der Waals surface area contributed by atoms with E-state index in [4.69, 9.17) is 9.72 Å². The number of rotatable bonds is 6. The Morgan fingerprint density at radius 2 is 1.97 bits per heavy atom. The quantitative estimate of drug-likeness (QED) is 0.429. The van der Waals surface area contributed by atoms with E-state index in [1.807, 2.05) is 30.3 Å². The van der Waals surface area contributed by atoms with Crippen molar-refractivity contribution in [3.63, 3.8) is 0 Å². The standard InChI is InChI=1S/C26H25F3N6O/c27-26(28,29)24(34-13-18-10-19(34)11-30-18)17-7-9-22-32-33-25(35(22)12-17)20-8-6-16-2-1-3-21(23(16)31-20)36-14-15-4-5-15/h1-3,6-9,12,15,18-19,24,30H,4-5,10-11,13-14H2. The van der Waals surface area contributed by atoms with Gasteiger partial charge in [-0.25, -0.2) is 4.98 Å². The van der Waals surface area contributed by atoms with Crippen LogP contribution in [0.15, 0.2) is 48.7 Å². The molecule has 3 unspecified atom stereocenters. The Morgan fingerprint density at radius 1 is 1.08 bits per heavy atom. The summed E-state index contributed by atoms with van der Waals surface area (Å²) >= 11 is 0. The highest BCUT2D eigenvalue weighted by atomic mass is 19.4. The Balaban J connectivity index is 1.29. The summed E-state index contributed by atoms with van der Waals surface area (Å²) < 4.78 is 50.7. The molecule has 4 aromatic rings. The lowest BCUT2D eigenvalue weighted by Crippen LogP contribution is -2.49. The van der Waals surface area contributed by atoms with Crippen LogP contribution >= 0.6 is 0 Å². The minimum Gasteiger partial charge on any atom is -0.491 e. The molecule has 3 aromatic heterocycles. The Bertz CT molecular complexity index is 1450. The molecule has 1 aliphatic carbocycles. The Kier molecular flexibility index (Phi) is 4.97. The highest BCUT2D eigenvalue weighted by Crippen LogP contribution is 2.43. The van der Waals surface area contributed by atoms with Crippen LogP contribution in [0, 0.1) is 5.92 Å². The fourth-order valence-electron chi connectivity index (χ4n) is 5.57. The zero-order valence-electron chi connectivity index (χ0n) is 19.4. The smallest absolute Gasteiger partial charge is 0.408 e. The van der Waals surface area contributed by atoms with Gasteiger partial charge in [0.05, 0.1) is 6.61 Å². The summed E-state index contributed by atoms with van der Waals surface area (Å²) in [5.74, 6) is 1.70. The van der Waals surface area contributed by atoms with Crippen molar-refractivity contribution < 1.29 is 17.9 Å². The first-order valence-electron chi connectivity index (χ1n) is 12.4. The number of aromatic nitrogens is 4. The molecule has 1 saturated carbocycles. The maximum Gasteiger partial charge on any atom is 0.408 e. The maximum atomic E-state index is 14.4. The van der Waals surface area contributed by atoms with Crippen molar-refractivity contribution in [1.82, 2.24) is 29.8 Å². The first-order chi connectivity index (χ1) is 17.4. The number of fused-ring (bicyclic) bond motifs is 4. The normalized spacial score (nSPS) is 23.1. The highest BCUT2D eigenvalue weighted by molar-refractivity contribution is 5.86. The van der Waals surface area contributed by atoms with Crippen LogP contribution in [0.25, 0.3) is 28.1 Å². The molecule has 0 amide bonds. The minimum absolute atomic E-state index is 0.117. The van der Waals surface area contributed by atoms with Gasteiger partial charge in [-0.3, -0.25) is 9.30 Å². The predicted molar refractivity (Wildman–Crippen MR) is 128 cm³/mol. The summed E-state index contributed by atoms with van der Waals surface area (Å²) in [7, 11) is 0. The maximum absolute atomic E-state index is 14.4. The van der Waals surface area contributed by atoms with Crippen LogP contribution in [-0.2, 0) is 0 Å². The predicted octanol–water partition coefficient (Wildman–Crippen LogP) is 4.38. The first kappa shape index (κ1) is 22.0. The Morgan fingerprint density at radius 3 is 2.72 bits per heavy atom. The Labute approximate surface area is 205 Å². The van der Waals surface area contributed by atoms with E-state index in [-0.39, 0.29) is 17.6 Å². The SMILES string of the molecule is FC(F)(F)C(c1ccc2nnc(-c3ccc4cccc(OCC5CC5)c4n3)n2c1)N1CC2CC1CN2. The van der Waals surface area contributed by atoms with E-state index >= 15 is 0 Å². The molecule has 10 heteroatoms. The van der Waals surface area contributed by atoms with Crippen molar-refractivity contribution in [3.05, 3.63) is 54.2 Å². The van der Waals surface area contributed by atoms with Gasteiger partial charge in [0.15, 0.2) is 11.5 Å². The van der Waals surface area contributed by atoms with E-state index < -0.39 is 12.2 Å². The number of hydrogen-bond acceptors (Lipinski definition) is 6. The summed E-state index contributed by atoms with van der Waals surface area (Å²) in [5, 5.41) is 12.7. The molecular weight excluding hydrogens is 469 g/mol. The molecule has 1 aromatic carbocycles. The minimum atomic E-state index is -4.40. The molecule has 5 heterocycles. The van der Waals surface area contributed by atoms with Gasteiger partial charge >= 0.3 is 6.18 Å². The Hall–Kier alpha value is -3.24. The third kappa shape index (κ3) is 3.79. The van der Waals surface area contributed by atoms with Gasteiger partial charge < -0.3 is 10.1 Å². The lowest BCUT2D eigenvalue weighted by atomic mass is 10.1. The molecule has 3 aliphatic rings. The van der Waals surface area contributed by atoms with E-state index in [0.717, 1.165) is 11.8 Å². The van der Waals surface area contributed by atoms with Crippen LogP contribution in [0.2, 0.25) is 0 Å². The summed E-state index contributed by atoms with van der Waals surface area (Å²) in [5.41, 5.74) is 1.89. The third-order valence-corrected chi connectivity index (χ3v) is 7.57. The van der Waals surface area contributed by atoms with Gasteiger partial charge in [0.2, 0.25) is 0 Å². The van der Waals surface area contributed by atoms with E-state index in [0.29, 0.717) is 54.0 Å². The summed E-state index contributed by atoms with van der Waals surface area (Å²) in [6, 6.07) is 11.0. The van der Waals surface area contributed by atoms with Crippen LogP contribution in [0.3, 0.4) is 0 Å². The molecule has 2 bridgehead atoms. The average molecular weight is 495 g/mol. The molecule has 3 fully saturated rings. The van der Waals surface area contributed by atoms with Crippen molar-refractivity contribution >= 4 is 16.6 Å². The third-order valence-electron chi connectivity index (χ3n) is 7.57. The highest BCUT2D eigenvalue weighted by Gasteiger charge is 2.51. The molecule has 3 atom stereocenters. The van der Waals surface area contributed by atoms with E-state index in [1.54, 1.807) is 15.4 Å². The van der Waals surface area contributed by atoms with Crippen LogP contribution in [0.4, 0.5) is 13.2 Å². The molecule has 7 nitrogen and oxygen atoms in total. The summed E-state index contributed by atoms with van der Waals surface area (Å²) in [4.78, 5) is 6.40. The lowest BCUT2D eigenvalue weighted by Gasteiger charge is -2.36. The van der Waals surface area contributed by atoms with Gasteiger partial charge in [-0.15, -0.1) is 10.2 Å². The number of nitrogens with zero attached hydrogens (tertiary/aromatic N) is 5. The van der Waals surface area contributed by atoms with Crippen LogP contribution in [0.1, 0.15) is 30.9 Å². The number of halogens is 3. The number of ether oxygens (including phenoxy) is 1. The number of pyridine rings is 2. The average Bonchev–Trinajstić information content (AvgIpc) is 3.23. The van der Waals surface area contributed by atoms with Crippen molar-refractivity contribution in [3.8, 4) is 17.3 Å². The number of para-hydroxylation sites is 1. The topological polar surface area (TPSA) is 67.6 Å². The number of alkyl halides is 3. The van der Waals surface area contributed by atoms with Gasteiger partial charge in [0.1, 0.15) is 23.0 Å². The first-order valence-corrected chi connectivity index (χ1v) is 12.4. The second kappa shape index (κ2) is 8.14. The van der Waals surface area contributed by atoms with Crippen molar-refractivity contribution in [1.29, 1.82) is 0 Å². The largest absolute Gasteiger partial charge is 0.491 e. The second-order valence-corrected chi connectivity index (χ2v) is 10.1. The molecule has 7 rings (SSSR count). The van der Waals surface area contributed by atoms with Crippen LogP contribution < -0.4 is 10.1 Å². The molecule has 0 spiro atoms. The number of likely N-dealkylation sites (tertiary alicyclic amines) is 1. The lowest BCUT2D eigenvalue weighted by molar-refractivity contribution is -0.190. The van der Waals surface area contributed by atoms with Crippen molar-refractivity contribution in [2.75, 3.05) is 19.7 Å². The van der Waals surface area contributed by atoms with Gasteiger partial charge in [-0.1, -0.05) is 24.3 Å². The number of benzene rings is 1. The molecule has 2 aliphatic heterocycles. The van der Waals surface area contributed by atoms with Crippen molar-refractivity contribution in [2.45, 2.75) is 43.6 Å². The monoisotopic (exact) mass is 494 g/mol. The summed E-state index contributed by atoms with van der Waals surface area (Å²) in [6.07, 6.45) is 0.237. The molecule has 2 saturated heterocycles. The number of nitrogens with one attached hydrogen (secondary N) is 1. The van der Waals surface area contributed by atoms with Gasteiger partial charge in [-0.05, 0) is 48.9 Å². The summed E-state index contributed by atoms with van der Waals surface area (Å²) in [6.45, 7) is 1.64. The molecule has 36 heavy (non-hydrogen) atoms. The van der Waals surface area contributed by atoms with Gasteiger partial charge in [-0.2, -0.15) is 13.2 Å². The van der Waals surface area contributed by atoms with E-state index in [9.17, 15) is 13.2 Å².